The molecule has 0 saturated carbocycles. The minimum absolute atomic E-state index is 0.0616. The van der Waals surface area contributed by atoms with Crippen molar-refractivity contribution < 1.29 is 17.9 Å². The number of aromatic nitrogens is 4. The number of primary amides is 1. The number of ether oxygens (including phenoxy) is 1. The lowest BCUT2D eigenvalue weighted by atomic mass is 9.69. The summed E-state index contributed by atoms with van der Waals surface area (Å²) in [6, 6.07) is 13.1. The third-order valence-electron chi connectivity index (χ3n) is 8.50. The molecule has 2 N–H and O–H groups in total. The number of pyridine rings is 1. The molecular formula is C31H38N6O4S. The normalized spacial score (nSPS) is 17.8. The maximum Gasteiger partial charge on any atom is 0.248 e. The Hall–Kier alpha value is -3.83. The Balaban J connectivity index is 1.62. The number of nitrogens with two attached hydrogens (primary N) is 1. The van der Waals surface area contributed by atoms with E-state index in [9.17, 15) is 13.2 Å². The Bertz CT molecular complexity index is 1760. The fourth-order valence-corrected chi connectivity index (χ4v) is 7.29. The second-order valence-electron chi connectivity index (χ2n) is 11.5. The average molecular weight is 591 g/mol. The van der Waals surface area contributed by atoms with Gasteiger partial charge in [-0.3, -0.25) is 4.79 Å². The van der Waals surface area contributed by atoms with Crippen LogP contribution < -0.4 is 10.5 Å². The van der Waals surface area contributed by atoms with Crippen molar-refractivity contribution in [2.24, 2.45) is 11.1 Å². The molecule has 11 heteroatoms. The first-order valence-corrected chi connectivity index (χ1v) is 15.7. The summed E-state index contributed by atoms with van der Waals surface area (Å²) in [7, 11) is -3.88. The smallest absolute Gasteiger partial charge is 0.248 e. The first-order valence-electron chi connectivity index (χ1n) is 14.2. The molecule has 0 unspecified atom stereocenters. The molecule has 3 heterocycles. The first-order chi connectivity index (χ1) is 19.9. The highest BCUT2D eigenvalue weighted by Gasteiger charge is 2.40. The monoisotopic (exact) mass is 590 g/mol. The van der Waals surface area contributed by atoms with Crippen molar-refractivity contribution in [3.8, 4) is 5.88 Å². The number of hydrogen-bond donors (Lipinski definition) is 1. The van der Waals surface area contributed by atoms with E-state index in [0.717, 1.165) is 38.9 Å². The fourth-order valence-electron chi connectivity index (χ4n) is 5.77. The molecule has 1 aliphatic rings. The van der Waals surface area contributed by atoms with Crippen molar-refractivity contribution in [2.75, 3.05) is 6.54 Å². The van der Waals surface area contributed by atoms with Crippen molar-refractivity contribution in [1.29, 1.82) is 0 Å². The third-order valence-corrected chi connectivity index (χ3v) is 10.3. The van der Waals surface area contributed by atoms with Crippen molar-refractivity contribution in [1.82, 2.24) is 24.3 Å². The van der Waals surface area contributed by atoms with Crippen LogP contribution in [0.25, 0.3) is 11.0 Å². The average Bonchev–Trinajstić information content (AvgIpc) is 3.34. The number of sulfonamides is 1. The molecule has 2 atom stereocenters. The number of rotatable bonds is 8. The van der Waals surface area contributed by atoms with Crippen molar-refractivity contribution in [3.05, 3.63) is 76.5 Å². The predicted molar refractivity (Wildman–Crippen MR) is 160 cm³/mol. The van der Waals surface area contributed by atoms with Gasteiger partial charge in [0.25, 0.3) is 0 Å². The highest BCUT2D eigenvalue weighted by atomic mass is 32.2. The van der Waals surface area contributed by atoms with Crippen LogP contribution in [0.2, 0.25) is 0 Å². The topological polar surface area (TPSA) is 133 Å². The van der Waals surface area contributed by atoms with Gasteiger partial charge in [-0.15, -0.1) is 5.10 Å². The lowest BCUT2D eigenvalue weighted by molar-refractivity contribution is -0.126. The molecule has 0 fully saturated rings. The Morgan fingerprint density at radius 2 is 1.93 bits per heavy atom. The molecule has 5 rings (SSSR count). The Morgan fingerprint density at radius 1 is 1.17 bits per heavy atom. The van der Waals surface area contributed by atoms with E-state index < -0.39 is 27.3 Å². The number of hydrogen-bond acceptors (Lipinski definition) is 7. The first kappa shape index (κ1) is 29.7. The molecule has 0 saturated heterocycles. The zero-order valence-electron chi connectivity index (χ0n) is 25.0. The van der Waals surface area contributed by atoms with Gasteiger partial charge >= 0.3 is 0 Å². The summed E-state index contributed by atoms with van der Waals surface area (Å²) in [6.45, 7) is 12.6. The fraction of sp³-hybridized carbons (Fsp3) is 0.419. The van der Waals surface area contributed by atoms with Gasteiger partial charge in [-0.2, -0.15) is 4.31 Å². The van der Waals surface area contributed by atoms with Crippen molar-refractivity contribution in [3.63, 3.8) is 0 Å². The van der Waals surface area contributed by atoms with E-state index in [1.54, 1.807) is 6.07 Å². The van der Waals surface area contributed by atoms with Gasteiger partial charge in [-0.1, -0.05) is 50.3 Å². The second-order valence-corrected chi connectivity index (χ2v) is 13.4. The molecule has 222 valence electrons. The van der Waals surface area contributed by atoms with E-state index in [1.165, 1.54) is 16.6 Å². The Morgan fingerprint density at radius 3 is 2.62 bits per heavy atom. The van der Waals surface area contributed by atoms with Crippen LogP contribution in [0.5, 0.6) is 5.88 Å². The zero-order chi connectivity index (χ0) is 30.4. The highest BCUT2D eigenvalue weighted by molar-refractivity contribution is 7.89. The Kier molecular flexibility index (Phi) is 7.84. The number of amides is 1. The summed E-state index contributed by atoms with van der Waals surface area (Å²) < 4.78 is 36.9. The van der Waals surface area contributed by atoms with Crippen molar-refractivity contribution in [2.45, 2.75) is 78.0 Å². The van der Waals surface area contributed by atoms with Gasteiger partial charge in [0, 0.05) is 25.2 Å². The van der Waals surface area contributed by atoms with Crippen LogP contribution in [-0.4, -0.2) is 51.3 Å². The predicted octanol–water partition coefficient (Wildman–Crippen LogP) is 4.47. The molecule has 10 nitrogen and oxygen atoms in total. The van der Waals surface area contributed by atoms with Crippen LogP contribution in [0.1, 0.15) is 67.9 Å². The van der Waals surface area contributed by atoms with Gasteiger partial charge in [0.1, 0.15) is 16.5 Å². The largest absolute Gasteiger partial charge is 0.472 e. The highest BCUT2D eigenvalue weighted by Crippen LogP contribution is 2.44. The van der Waals surface area contributed by atoms with E-state index in [4.69, 9.17) is 10.5 Å². The number of carbonyl (C=O) groups excluding carboxylic acids is 1. The maximum atomic E-state index is 13.8. The van der Waals surface area contributed by atoms with Crippen LogP contribution >= 0.6 is 0 Å². The summed E-state index contributed by atoms with van der Waals surface area (Å²) in [5.41, 5.74) is 11.2. The molecule has 0 radical (unpaired) electrons. The summed E-state index contributed by atoms with van der Waals surface area (Å²) in [5.74, 6) is -0.720. The number of benzene rings is 2. The SMILES string of the molecule is CC[C@@H]1CN(Cc2cc([C@@H](c3ccc4c(nnn4CC)c3C)C(C)(C)C(N)=O)ccc2C)S(=O)(=O)c2cccnc2O1. The van der Waals surface area contributed by atoms with E-state index in [2.05, 4.69) is 15.3 Å². The van der Waals surface area contributed by atoms with Gasteiger partial charge in [0.05, 0.1) is 17.5 Å². The molecule has 1 aliphatic heterocycles. The number of fused-ring (bicyclic) bond motifs is 2. The summed E-state index contributed by atoms with van der Waals surface area (Å²) >= 11 is 0. The van der Waals surface area contributed by atoms with Gasteiger partial charge in [-0.25, -0.2) is 18.1 Å². The van der Waals surface area contributed by atoms with E-state index >= 15 is 0 Å². The number of carbonyl (C=O) groups is 1. The minimum atomic E-state index is -3.88. The van der Waals surface area contributed by atoms with Gasteiger partial charge in [0.15, 0.2) is 0 Å². The lowest BCUT2D eigenvalue weighted by Crippen LogP contribution is -2.38. The van der Waals surface area contributed by atoms with Crippen LogP contribution in [-0.2, 0) is 27.9 Å². The summed E-state index contributed by atoms with van der Waals surface area (Å²) in [6.07, 6.45) is 1.82. The standard InChI is InChI=1S/C31H38N6O4S/c1-7-23-18-36(42(39,40)26-10-9-15-33-29(26)41-23)17-22-16-21(12-11-19(22)3)27(31(5,6)30(32)38)24-13-14-25-28(20(24)4)34-35-37(25)8-2/h9-16,23,27H,7-8,17-18H2,1-6H3,(H2,32,38)/t23-,27+/m1/s1. The number of nitrogens with zero attached hydrogens (tertiary/aromatic N) is 5. The molecule has 42 heavy (non-hydrogen) atoms. The lowest BCUT2D eigenvalue weighted by Gasteiger charge is -2.34. The van der Waals surface area contributed by atoms with Gasteiger partial charge in [0.2, 0.25) is 21.8 Å². The van der Waals surface area contributed by atoms with E-state index in [1.807, 2.05) is 76.6 Å². The van der Waals surface area contributed by atoms with E-state index in [-0.39, 0.29) is 30.0 Å². The van der Waals surface area contributed by atoms with Gasteiger partial charge < -0.3 is 10.5 Å². The minimum Gasteiger partial charge on any atom is -0.472 e. The second kappa shape index (κ2) is 11.1. The molecule has 4 aromatic rings. The van der Waals surface area contributed by atoms with Gasteiger partial charge in [-0.05, 0) is 73.2 Å². The molecule has 0 bridgehead atoms. The number of aryl methyl sites for hydroxylation is 3. The molecule has 0 spiro atoms. The zero-order valence-corrected chi connectivity index (χ0v) is 25.8. The Labute approximate surface area is 246 Å². The molecule has 2 aromatic heterocycles. The van der Waals surface area contributed by atoms with Crippen LogP contribution in [0.4, 0.5) is 0 Å². The van der Waals surface area contributed by atoms with Crippen molar-refractivity contribution >= 4 is 27.0 Å². The maximum absolute atomic E-state index is 13.8. The van der Waals surface area contributed by atoms with Crippen LogP contribution in [0.15, 0.2) is 53.6 Å². The molecule has 2 aromatic carbocycles. The summed E-state index contributed by atoms with van der Waals surface area (Å²) in [5, 5.41) is 8.71. The third kappa shape index (κ3) is 5.05. The summed E-state index contributed by atoms with van der Waals surface area (Å²) in [4.78, 5) is 17.2. The van der Waals surface area contributed by atoms with Crippen LogP contribution in [0.3, 0.4) is 0 Å². The van der Waals surface area contributed by atoms with E-state index in [0.29, 0.717) is 13.0 Å². The molecule has 0 aliphatic carbocycles. The van der Waals surface area contributed by atoms with Crippen LogP contribution in [0, 0.1) is 19.3 Å². The molecular weight excluding hydrogens is 552 g/mol. The quantitative estimate of drug-likeness (QED) is 0.320. The molecule has 1 amide bonds.